The van der Waals surface area contributed by atoms with E-state index in [-0.39, 0.29) is 0 Å². The minimum absolute atomic E-state index is 0.853. The van der Waals surface area contributed by atoms with Crippen molar-refractivity contribution in [3.8, 4) is 0 Å². The van der Waals surface area contributed by atoms with E-state index in [2.05, 4.69) is 36.1 Å². The second-order valence-corrected chi connectivity index (χ2v) is 38.3. The standard InChI is InChI=1S/C81H134N6O61S/c1-19-43(103)54(114)58(118)75(130-19)127-17-36-64(49(109)38(70(121)131-36)83-21(3)96)141-71-39(84-22(4)97)51(111)63(32(14-93)134-71)143-77-60(120)67(144-79-69(57(117)46(106)29(11-90)133-79)146-74-40(85-23(5)98)50(110)61(30(12-91)135-74)140-72-42(87-25(7)100)53(113)65(33(15-94)137-72)148-149(124,125)126)48(108)34(138-77)16-128-78-68(56(116)45(105)28(10-89)132-78)145-73-41(86-24(6)99)52(112)62(31(13-92)136-73)142-76-59(119)55(115)47(107)35(139-76)18-129-81(80(122)123)8-26(101)37(82-20(2)95)66(147-81)44(104)27(102)9-88/h19,26-79,88-94,101-121H,8-18H2,1-7H3,(H,82,95)(H,83,96)(H,84,97)(H,85,98)(H,86,99)(H,87,100)(H,122,123)(H,124,125,126)/t19-,26-,27+,28+,29+,30+,31+,32+,33+,34+,35+,36+,37+,38+,39+,40+,41+,42+,43+,44+,45+,46+,47-,48+,49+,50+,51+,52+,53+,54+,55-,56-,57-,58-,59+,60-,61+,62+,63+,64+,65-,66+,67-,68-,69-,70+,71-,72-,73-,74-,75+,76-,77-,78-,79+,81+/m0/s1. The van der Waals surface area contributed by atoms with Crippen LogP contribution in [-0.4, -0.2) is 612 Å². The highest BCUT2D eigenvalue weighted by Gasteiger charge is 2.64. The molecule has 0 aliphatic carbocycles. The lowest BCUT2D eigenvalue weighted by molar-refractivity contribution is -0.398. The van der Waals surface area contributed by atoms with Gasteiger partial charge in [-0.05, 0) is 6.92 Å². The summed E-state index contributed by atoms with van der Waals surface area (Å²) in [5.41, 5.74) is 0. The van der Waals surface area contributed by atoms with Crippen LogP contribution in [0.4, 0.5) is 0 Å². The first-order chi connectivity index (χ1) is 70.0. The molecule has 0 aromatic rings. The number of aliphatic hydroxyl groups excluding tert-OH is 28. The zero-order valence-corrected chi connectivity index (χ0v) is 80.8. The lowest BCUT2D eigenvalue weighted by Gasteiger charge is -2.51. The molecule has 0 aromatic heterocycles. The Labute approximate surface area is 843 Å². The van der Waals surface area contributed by atoms with E-state index in [1.165, 1.54) is 6.92 Å². The van der Waals surface area contributed by atoms with Crippen molar-refractivity contribution in [2.45, 2.75) is 398 Å². The highest BCUT2D eigenvalue weighted by molar-refractivity contribution is 7.80. The average molecular weight is 2200 g/mol. The Morgan fingerprint density at radius 1 is 0.322 bits per heavy atom. The molecule has 11 aliphatic rings. The maximum absolute atomic E-state index is 13.4. The molecule has 0 bridgehead atoms. The molecule has 67 nitrogen and oxygen atoms in total. The summed E-state index contributed by atoms with van der Waals surface area (Å²) in [6.07, 6.45) is -110. The van der Waals surface area contributed by atoms with Crippen molar-refractivity contribution in [3.63, 3.8) is 0 Å². The van der Waals surface area contributed by atoms with Crippen LogP contribution in [0.5, 0.6) is 0 Å². The molecule has 149 heavy (non-hydrogen) atoms. The molecule has 0 spiro atoms. The van der Waals surface area contributed by atoms with Gasteiger partial charge in [-0.25, -0.2) is 8.98 Å². The van der Waals surface area contributed by atoms with E-state index in [9.17, 15) is 195 Å². The SMILES string of the molecule is CC(=O)N[C@@H]1[C@@H](O)[C@H](O[C@@H]2O[C@H](CO)[C@@H](O[C@@H]3O[C@H](CO[C@H]4O[C@H](CO)[C@@H](O)[C@H](O)[C@@H]4O[C@@H]4O[C@H](CO)[C@@H](O[C@@H]5O[C@H](CO[C@]6(C(=O)O)C[C@H](O)[C@@H](NC(C)=O)[C@H]([C@H](O)[C@H](O)CO)O6)[C@H](O)[C@H](O)[C@H]5O)[C@H](O)[C@H]4NC(C)=O)[C@@H](O)[C@H](O[C@H]4O[C@H](CO)[C@@H](O)[C@H](O)[C@@H]4O[C@@H]4O[C@H](CO)[C@@H](O[C@@H]5O[C@H](CO)[C@H](OS(=O)(=O)O)[C@H](O)[C@H]5NC(C)=O)[C@H](O)[C@H]4NC(C)=O)[C@@H]3O)[C@H](O)[C@H]2NC(C)=O)[C@@H](CO[C@@H]2O[C@@H](C)[C@@H](O)[C@@H](O)[C@@H]2O)O[C@H]1O. The maximum atomic E-state index is 13.4. The molecule has 11 rings (SSSR count). The number of carboxylic acid groups (broad SMARTS) is 1. The largest absolute Gasteiger partial charge is 0.477 e. The molecule has 0 saturated carbocycles. The molecule has 36 N–H and O–H groups in total. The maximum Gasteiger partial charge on any atom is 0.397 e. The fourth-order valence-corrected chi connectivity index (χ4v) is 19.4. The number of hydrogen-bond acceptors (Lipinski definition) is 59. The number of amides is 6. The number of ether oxygens (including phenoxy) is 21. The smallest absolute Gasteiger partial charge is 0.397 e. The minimum atomic E-state index is -5.49. The van der Waals surface area contributed by atoms with Crippen LogP contribution < -0.4 is 31.9 Å². The first kappa shape index (κ1) is 123. The van der Waals surface area contributed by atoms with Gasteiger partial charge in [0.1, 0.15) is 256 Å². The highest BCUT2D eigenvalue weighted by Crippen LogP contribution is 2.43. The van der Waals surface area contributed by atoms with Crippen molar-refractivity contribution in [2.75, 3.05) is 66.1 Å². The van der Waals surface area contributed by atoms with Crippen LogP contribution in [-0.2, 0) is 148 Å². The lowest BCUT2D eigenvalue weighted by Crippen LogP contribution is -2.71. The van der Waals surface area contributed by atoms with Gasteiger partial charge in [-0.1, -0.05) is 0 Å². The van der Waals surface area contributed by atoms with Gasteiger partial charge in [-0.15, -0.1) is 0 Å². The third kappa shape index (κ3) is 28.5. The summed E-state index contributed by atoms with van der Waals surface area (Å²) in [5.74, 6) is -11.1. The normalized spacial score (nSPS) is 46.4. The Morgan fingerprint density at radius 2 is 0.644 bits per heavy atom. The van der Waals surface area contributed by atoms with Crippen LogP contribution in [0.15, 0.2) is 0 Å². The van der Waals surface area contributed by atoms with Crippen molar-refractivity contribution >= 4 is 51.8 Å². The van der Waals surface area contributed by atoms with E-state index in [1.54, 1.807) is 0 Å². The molecule has 0 aromatic carbocycles. The van der Waals surface area contributed by atoms with Gasteiger partial charge in [0.15, 0.2) is 62.9 Å². The van der Waals surface area contributed by atoms with E-state index in [4.69, 9.17) is 99.5 Å². The third-order valence-electron chi connectivity index (χ3n) is 26.5. The quantitative estimate of drug-likeness (QED) is 0.0253. The average Bonchev–Trinajstić information content (AvgIpc) is 0.762. The van der Waals surface area contributed by atoms with Gasteiger partial charge in [-0.3, -0.25) is 33.3 Å². The number of carboxylic acids is 1. The van der Waals surface area contributed by atoms with E-state index in [0.717, 1.165) is 41.5 Å². The topological polar surface area (TPSA) is 1040 Å². The van der Waals surface area contributed by atoms with Crippen molar-refractivity contribution in [1.82, 2.24) is 31.9 Å². The molecule has 0 radical (unpaired) electrons. The molecule has 860 valence electrons. The van der Waals surface area contributed by atoms with Crippen LogP contribution in [0.2, 0.25) is 0 Å². The molecule has 11 saturated heterocycles. The number of rotatable bonds is 41. The number of carbonyl (C=O) groups is 7. The van der Waals surface area contributed by atoms with E-state index in [1.807, 2.05) is 0 Å². The molecular formula is C81H134N6O61S. The molecular weight excluding hydrogens is 2060 g/mol. The first-order valence-electron chi connectivity index (χ1n) is 46.8. The van der Waals surface area contributed by atoms with Crippen molar-refractivity contribution in [2.24, 2.45) is 0 Å². The number of aliphatic hydroxyl groups is 28. The van der Waals surface area contributed by atoms with E-state index < -0.39 is 467 Å². The summed E-state index contributed by atoms with van der Waals surface area (Å²) >= 11 is 0. The van der Waals surface area contributed by atoms with Gasteiger partial charge in [0.05, 0.1) is 84.3 Å². The van der Waals surface area contributed by atoms with Crippen LogP contribution in [0.25, 0.3) is 0 Å². The summed E-state index contributed by atoms with van der Waals surface area (Å²) in [6.45, 7) is -5.74. The second kappa shape index (κ2) is 53.0. The Morgan fingerprint density at radius 3 is 1.07 bits per heavy atom. The van der Waals surface area contributed by atoms with Crippen LogP contribution in [0, 0.1) is 0 Å². The summed E-state index contributed by atoms with van der Waals surface area (Å²) in [7, 11) is -5.49. The molecule has 11 heterocycles. The molecule has 11 fully saturated rings. The third-order valence-corrected chi connectivity index (χ3v) is 27.0. The van der Waals surface area contributed by atoms with Gasteiger partial charge >= 0.3 is 16.4 Å². The van der Waals surface area contributed by atoms with Gasteiger partial charge in [0, 0.05) is 48.0 Å². The predicted octanol–water partition coefficient (Wildman–Crippen LogP) is -24.1. The van der Waals surface area contributed by atoms with E-state index in [0.29, 0.717) is 0 Å². The number of nitrogens with one attached hydrogen (secondary N) is 6. The van der Waals surface area contributed by atoms with Gasteiger partial charge in [0.2, 0.25) is 35.4 Å². The molecule has 56 atom stereocenters. The van der Waals surface area contributed by atoms with Gasteiger partial charge < -0.3 is 279 Å². The molecule has 11 aliphatic heterocycles. The summed E-state index contributed by atoms with van der Waals surface area (Å²) < 4.78 is 163. The first-order valence-corrected chi connectivity index (χ1v) is 48.1. The number of hydrogen-bond donors (Lipinski definition) is 36. The highest BCUT2D eigenvalue weighted by atomic mass is 32.3. The number of carbonyl (C=O) groups excluding carboxylic acids is 6. The summed E-state index contributed by atoms with van der Waals surface area (Å²) in [4.78, 5) is 90.4. The summed E-state index contributed by atoms with van der Waals surface area (Å²) in [6, 6.07) is -11.9. The Balaban J connectivity index is 0.912. The zero-order chi connectivity index (χ0) is 110. The second-order valence-electron chi connectivity index (χ2n) is 37.2. The van der Waals surface area contributed by atoms with Crippen LogP contribution >= 0.6 is 0 Å². The lowest BCUT2D eigenvalue weighted by atomic mass is 9.88. The fraction of sp³-hybridized carbons (Fsp3) is 0.914. The zero-order valence-electron chi connectivity index (χ0n) is 80.0. The van der Waals surface area contributed by atoms with Crippen LogP contribution in [0.3, 0.4) is 0 Å². The van der Waals surface area contributed by atoms with Crippen molar-refractivity contribution < 1.29 is 298 Å². The summed E-state index contributed by atoms with van der Waals surface area (Å²) in [5, 5.41) is 343. The Bertz CT molecular complexity index is 4440. The van der Waals surface area contributed by atoms with Crippen molar-refractivity contribution in [1.29, 1.82) is 0 Å². The van der Waals surface area contributed by atoms with Gasteiger partial charge in [0.25, 0.3) is 5.79 Å². The monoisotopic (exact) mass is 2200 g/mol. The van der Waals surface area contributed by atoms with Gasteiger partial charge in [-0.2, -0.15) is 8.42 Å². The Kier molecular flexibility index (Phi) is 43.9. The predicted molar refractivity (Wildman–Crippen MR) is 458 cm³/mol. The van der Waals surface area contributed by atoms with Crippen molar-refractivity contribution in [3.05, 3.63) is 0 Å². The molecule has 68 heteroatoms. The van der Waals surface area contributed by atoms with Crippen LogP contribution in [0.1, 0.15) is 54.9 Å². The molecule has 6 amide bonds. The van der Waals surface area contributed by atoms with E-state index >= 15 is 0 Å². The molecule has 0 unspecified atom stereocenters. The number of aliphatic carboxylic acids is 1. The minimum Gasteiger partial charge on any atom is -0.477 e. The fourth-order valence-electron chi connectivity index (χ4n) is 18.9. The Hall–Kier alpha value is -5.80.